The van der Waals surface area contributed by atoms with E-state index in [1.165, 1.54) is 0 Å². The maximum absolute atomic E-state index is 11.9. The number of amides is 1. The first kappa shape index (κ1) is 12.2. The fourth-order valence-corrected chi connectivity index (χ4v) is 1.56. The molecule has 18 heavy (non-hydrogen) atoms. The molecule has 0 aliphatic rings. The third-order valence-electron chi connectivity index (χ3n) is 2.40. The van der Waals surface area contributed by atoms with E-state index in [0.717, 1.165) is 12.2 Å². The van der Waals surface area contributed by atoms with Crippen LogP contribution in [0.5, 0.6) is 0 Å². The molecule has 0 bridgehead atoms. The van der Waals surface area contributed by atoms with Crippen LogP contribution >= 0.6 is 0 Å². The van der Waals surface area contributed by atoms with Crippen molar-refractivity contribution in [1.29, 1.82) is 0 Å². The van der Waals surface area contributed by atoms with Gasteiger partial charge in [0.15, 0.2) is 5.82 Å². The molecule has 2 N–H and O–H groups in total. The van der Waals surface area contributed by atoms with Crippen molar-refractivity contribution in [1.82, 2.24) is 5.16 Å². The molecule has 0 atom stereocenters. The second kappa shape index (κ2) is 5.35. The van der Waals surface area contributed by atoms with Gasteiger partial charge in [-0.1, -0.05) is 5.16 Å². The van der Waals surface area contributed by atoms with Gasteiger partial charge in [0.1, 0.15) is 5.76 Å². The molecule has 5 nitrogen and oxygen atoms in total. The highest BCUT2D eigenvalue weighted by atomic mass is 16.5. The van der Waals surface area contributed by atoms with E-state index in [1.807, 2.05) is 19.1 Å². The number of nitrogens with zero attached hydrogens (tertiary/aromatic N) is 1. The minimum Gasteiger partial charge on any atom is -0.385 e. The highest BCUT2D eigenvalue weighted by molar-refractivity contribution is 6.03. The van der Waals surface area contributed by atoms with Gasteiger partial charge in [-0.2, -0.15) is 0 Å². The summed E-state index contributed by atoms with van der Waals surface area (Å²) in [5, 5.41) is 9.54. The summed E-state index contributed by atoms with van der Waals surface area (Å²) in [7, 11) is 0. The number of anilines is 2. The normalized spacial score (nSPS) is 10.1. The van der Waals surface area contributed by atoms with Gasteiger partial charge < -0.3 is 15.2 Å². The predicted molar refractivity (Wildman–Crippen MR) is 69.8 cm³/mol. The Morgan fingerprint density at radius 3 is 2.61 bits per heavy atom. The quantitative estimate of drug-likeness (QED) is 0.869. The highest BCUT2D eigenvalue weighted by Crippen LogP contribution is 2.12. The molecule has 2 aromatic rings. The van der Waals surface area contributed by atoms with Gasteiger partial charge in [0.05, 0.1) is 0 Å². The van der Waals surface area contributed by atoms with Crippen molar-refractivity contribution in [3.63, 3.8) is 0 Å². The van der Waals surface area contributed by atoms with E-state index in [9.17, 15) is 4.79 Å². The number of rotatable bonds is 4. The molecule has 0 aliphatic heterocycles. The zero-order valence-electron chi connectivity index (χ0n) is 10.4. The van der Waals surface area contributed by atoms with Gasteiger partial charge in [0.25, 0.3) is 5.91 Å². The van der Waals surface area contributed by atoms with Crippen LogP contribution < -0.4 is 10.6 Å². The molecule has 0 saturated heterocycles. The van der Waals surface area contributed by atoms with E-state index in [0.29, 0.717) is 17.1 Å². The Hall–Kier alpha value is -2.30. The summed E-state index contributed by atoms with van der Waals surface area (Å²) in [5.74, 6) is 0.882. The van der Waals surface area contributed by atoms with Crippen molar-refractivity contribution in [3.05, 3.63) is 41.7 Å². The van der Waals surface area contributed by atoms with Crippen molar-refractivity contribution in [2.24, 2.45) is 0 Å². The lowest BCUT2D eigenvalue weighted by molar-refractivity contribution is 0.102. The Kier molecular flexibility index (Phi) is 3.62. The molecule has 2 rings (SSSR count). The van der Waals surface area contributed by atoms with Crippen LogP contribution in [0.4, 0.5) is 11.5 Å². The third-order valence-corrected chi connectivity index (χ3v) is 2.40. The Labute approximate surface area is 105 Å². The molecule has 94 valence electrons. The molecule has 1 aromatic heterocycles. The molecule has 1 aromatic carbocycles. The van der Waals surface area contributed by atoms with E-state index < -0.39 is 0 Å². The number of hydrogen-bond donors (Lipinski definition) is 2. The lowest BCUT2D eigenvalue weighted by Crippen LogP contribution is -2.12. The summed E-state index contributed by atoms with van der Waals surface area (Å²) in [4.78, 5) is 11.9. The van der Waals surface area contributed by atoms with Crippen LogP contribution in [0.2, 0.25) is 0 Å². The Morgan fingerprint density at radius 2 is 2.06 bits per heavy atom. The topological polar surface area (TPSA) is 67.2 Å². The van der Waals surface area contributed by atoms with Gasteiger partial charge in [-0.05, 0) is 38.1 Å². The fraction of sp³-hybridized carbons (Fsp3) is 0.231. The van der Waals surface area contributed by atoms with Crippen molar-refractivity contribution < 1.29 is 9.32 Å². The van der Waals surface area contributed by atoms with Crippen molar-refractivity contribution >= 4 is 17.4 Å². The van der Waals surface area contributed by atoms with E-state index >= 15 is 0 Å². The fourth-order valence-electron chi connectivity index (χ4n) is 1.56. The highest BCUT2D eigenvalue weighted by Gasteiger charge is 2.08. The molecular weight excluding hydrogens is 230 g/mol. The summed E-state index contributed by atoms with van der Waals surface area (Å²) in [6.45, 7) is 4.64. The summed E-state index contributed by atoms with van der Waals surface area (Å²) < 4.78 is 4.88. The summed E-state index contributed by atoms with van der Waals surface area (Å²) in [5.41, 5.74) is 1.57. The maximum atomic E-state index is 11.9. The van der Waals surface area contributed by atoms with Gasteiger partial charge in [0.2, 0.25) is 0 Å². The monoisotopic (exact) mass is 245 g/mol. The molecule has 1 amide bonds. The van der Waals surface area contributed by atoms with Gasteiger partial charge in [-0.15, -0.1) is 0 Å². The van der Waals surface area contributed by atoms with Crippen LogP contribution in [-0.4, -0.2) is 17.6 Å². The van der Waals surface area contributed by atoms with E-state index in [4.69, 9.17) is 4.52 Å². The van der Waals surface area contributed by atoms with Crippen molar-refractivity contribution in [2.45, 2.75) is 13.8 Å². The van der Waals surface area contributed by atoms with Crippen LogP contribution in [0.3, 0.4) is 0 Å². The van der Waals surface area contributed by atoms with Crippen LogP contribution in [0.1, 0.15) is 23.0 Å². The van der Waals surface area contributed by atoms with Gasteiger partial charge in [-0.25, -0.2) is 0 Å². The SMILES string of the molecule is CCNc1ccc(C(=O)Nc2cc(C)on2)cc1. The molecule has 0 radical (unpaired) electrons. The summed E-state index contributed by atoms with van der Waals surface area (Å²) in [6, 6.07) is 8.93. The van der Waals surface area contributed by atoms with Gasteiger partial charge in [0, 0.05) is 23.9 Å². The van der Waals surface area contributed by atoms with Gasteiger partial charge >= 0.3 is 0 Å². The molecular formula is C13H15N3O2. The molecule has 0 fully saturated rings. The summed E-state index contributed by atoms with van der Waals surface area (Å²) in [6.07, 6.45) is 0. The van der Waals surface area contributed by atoms with Crippen molar-refractivity contribution in [2.75, 3.05) is 17.2 Å². The van der Waals surface area contributed by atoms with E-state index in [1.54, 1.807) is 25.1 Å². The summed E-state index contributed by atoms with van der Waals surface area (Å²) >= 11 is 0. The lowest BCUT2D eigenvalue weighted by Gasteiger charge is -2.04. The second-order valence-electron chi connectivity index (χ2n) is 3.88. The minimum absolute atomic E-state index is 0.202. The Balaban J connectivity index is 2.04. The molecule has 0 unspecified atom stereocenters. The minimum atomic E-state index is -0.202. The zero-order chi connectivity index (χ0) is 13.0. The standard InChI is InChI=1S/C13H15N3O2/c1-3-14-11-6-4-10(5-7-11)13(17)15-12-8-9(2)18-16-12/h4-8,14H,3H2,1-2H3,(H,15,16,17). The second-order valence-corrected chi connectivity index (χ2v) is 3.88. The number of nitrogens with one attached hydrogen (secondary N) is 2. The number of hydrogen-bond acceptors (Lipinski definition) is 4. The smallest absolute Gasteiger partial charge is 0.256 e. The van der Waals surface area contributed by atoms with Crippen molar-refractivity contribution in [3.8, 4) is 0 Å². The lowest BCUT2D eigenvalue weighted by atomic mass is 10.2. The van der Waals surface area contributed by atoms with E-state index in [-0.39, 0.29) is 5.91 Å². The third kappa shape index (κ3) is 2.88. The maximum Gasteiger partial charge on any atom is 0.256 e. The Bertz CT molecular complexity index is 531. The first-order valence-corrected chi connectivity index (χ1v) is 5.77. The van der Waals surface area contributed by atoms with E-state index in [2.05, 4.69) is 15.8 Å². The van der Waals surface area contributed by atoms with Crippen LogP contribution in [0.25, 0.3) is 0 Å². The van der Waals surface area contributed by atoms with Gasteiger partial charge in [-0.3, -0.25) is 4.79 Å². The number of benzene rings is 1. The molecule has 5 heteroatoms. The molecule has 0 spiro atoms. The molecule has 1 heterocycles. The number of aromatic nitrogens is 1. The number of carbonyl (C=O) groups excluding carboxylic acids is 1. The number of aryl methyl sites for hydroxylation is 1. The molecule has 0 aliphatic carbocycles. The first-order valence-electron chi connectivity index (χ1n) is 5.77. The Morgan fingerprint density at radius 1 is 1.33 bits per heavy atom. The first-order chi connectivity index (χ1) is 8.69. The molecule has 0 saturated carbocycles. The largest absolute Gasteiger partial charge is 0.385 e. The van der Waals surface area contributed by atoms with Crippen LogP contribution in [0, 0.1) is 6.92 Å². The average Bonchev–Trinajstić information content (AvgIpc) is 2.76. The average molecular weight is 245 g/mol. The zero-order valence-corrected chi connectivity index (χ0v) is 10.4. The predicted octanol–water partition coefficient (Wildman–Crippen LogP) is 2.67. The van der Waals surface area contributed by atoms with Crippen LogP contribution in [-0.2, 0) is 0 Å². The van der Waals surface area contributed by atoms with Crippen LogP contribution in [0.15, 0.2) is 34.9 Å². The number of carbonyl (C=O) groups is 1.